The molecule has 1 rings (SSSR count). The summed E-state index contributed by atoms with van der Waals surface area (Å²) < 4.78 is 31.6. The van der Waals surface area contributed by atoms with Crippen molar-refractivity contribution >= 4 is 10.1 Å². The minimum Gasteiger partial charge on any atom is -0.282 e. The molecule has 0 spiro atoms. The second-order valence-corrected chi connectivity index (χ2v) is 6.26. The lowest BCUT2D eigenvalue weighted by Gasteiger charge is -2.09. The Balaban J connectivity index is 2.92. The van der Waals surface area contributed by atoms with Gasteiger partial charge in [-0.2, -0.15) is 8.42 Å². The smallest absolute Gasteiger partial charge is 0.282 e. The first-order chi connectivity index (χ1) is 7.80. The monoisotopic (exact) mass is 256 g/mol. The van der Waals surface area contributed by atoms with Gasteiger partial charge in [-0.1, -0.05) is 38.0 Å². The highest BCUT2D eigenvalue weighted by atomic mass is 32.2. The molecule has 0 radical (unpaired) electrons. The Morgan fingerprint density at radius 2 is 1.94 bits per heavy atom. The van der Waals surface area contributed by atoms with E-state index in [2.05, 4.69) is 13.8 Å². The van der Waals surface area contributed by atoms with E-state index >= 15 is 0 Å². The Hall–Kier alpha value is -0.870. The van der Waals surface area contributed by atoms with E-state index in [1.807, 2.05) is 13.0 Å². The summed E-state index contributed by atoms with van der Waals surface area (Å²) in [7, 11) is -4.10. The Morgan fingerprint density at radius 3 is 2.47 bits per heavy atom. The fourth-order valence-electron chi connectivity index (χ4n) is 1.86. The summed E-state index contributed by atoms with van der Waals surface area (Å²) in [4.78, 5) is 0.0480. The van der Waals surface area contributed by atoms with Gasteiger partial charge in [0.2, 0.25) is 0 Å². The summed E-state index contributed by atoms with van der Waals surface area (Å²) in [6.07, 6.45) is 2.68. The zero-order chi connectivity index (χ0) is 13.1. The molecule has 0 unspecified atom stereocenters. The SMILES string of the molecule is Cc1ccc(S(=O)(=O)O)c(CCCC(C)C)c1. The van der Waals surface area contributed by atoms with Gasteiger partial charge in [0.05, 0.1) is 4.90 Å². The standard InChI is InChI=1S/C13H20O3S/c1-10(2)5-4-6-12-9-11(3)7-8-13(12)17(14,15)16/h7-10H,4-6H2,1-3H3,(H,14,15,16). The minimum absolute atomic E-state index is 0.0480. The molecule has 0 aliphatic heterocycles. The molecule has 1 N–H and O–H groups in total. The Kier molecular flexibility index (Phi) is 4.71. The van der Waals surface area contributed by atoms with E-state index in [0.717, 1.165) is 18.4 Å². The Morgan fingerprint density at radius 1 is 1.29 bits per heavy atom. The van der Waals surface area contributed by atoms with Crippen molar-refractivity contribution < 1.29 is 13.0 Å². The van der Waals surface area contributed by atoms with Gasteiger partial charge in [0.15, 0.2) is 0 Å². The highest BCUT2D eigenvalue weighted by Crippen LogP contribution is 2.20. The molecule has 0 aliphatic carbocycles. The third-order valence-corrected chi connectivity index (χ3v) is 3.68. The third-order valence-electron chi connectivity index (χ3n) is 2.72. The van der Waals surface area contributed by atoms with Crippen LogP contribution in [0.25, 0.3) is 0 Å². The maximum absolute atomic E-state index is 11.2. The normalized spacial score (nSPS) is 12.1. The fraction of sp³-hybridized carbons (Fsp3) is 0.538. The molecule has 0 heterocycles. The maximum atomic E-state index is 11.2. The first kappa shape index (κ1) is 14.2. The molecule has 3 nitrogen and oxygen atoms in total. The maximum Gasteiger partial charge on any atom is 0.294 e. The number of rotatable bonds is 5. The van der Waals surface area contributed by atoms with Gasteiger partial charge >= 0.3 is 0 Å². The van der Waals surface area contributed by atoms with E-state index in [4.69, 9.17) is 4.55 Å². The molecule has 0 saturated heterocycles. The van der Waals surface area contributed by atoms with E-state index in [1.165, 1.54) is 6.07 Å². The van der Waals surface area contributed by atoms with Crippen LogP contribution in [0.5, 0.6) is 0 Å². The van der Waals surface area contributed by atoms with Gasteiger partial charge in [-0.15, -0.1) is 0 Å². The van der Waals surface area contributed by atoms with E-state index in [0.29, 0.717) is 17.9 Å². The highest BCUT2D eigenvalue weighted by Gasteiger charge is 2.14. The summed E-state index contributed by atoms with van der Waals surface area (Å²) >= 11 is 0. The van der Waals surface area contributed by atoms with E-state index < -0.39 is 10.1 Å². The van der Waals surface area contributed by atoms with Gasteiger partial charge in [0, 0.05) is 0 Å². The number of hydrogen-bond donors (Lipinski definition) is 1. The van der Waals surface area contributed by atoms with Crippen LogP contribution in [-0.2, 0) is 16.5 Å². The average molecular weight is 256 g/mol. The molecule has 0 aliphatic rings. The lowest BCUT2D eigenvalue weighted by molar-refractivity contribution is 0.481. The number of benzene rings is 1. The van der Waals surface area contributed by atoms with Gasteiger partial charge in [0.25, 0.3) is 10.1 Å². The lowest BCUT2D eigenvalue weighted by atomic mass is 10.0. The number of hydrogen-bond acceptors (Lipinski definition) is 2. The summed E-state index contributed by atoms with van der Waals surface area (Å²) in [5.74, 6) is 0.606. The Labute approximate surface area is 104 Å². The lowest BCUT2D eigenvalue weighted by Crippen LogP contribution is -2.04. The van der Waals surface area contributed by atoms with Gasteiger partial charge in [-0.25, -0.2) is 0 Å². The van der Waals surface area contributed by atoms with Crippen molar-refractivity contribution in [2.75, 3.05) is 0 Å². The zero-order valence-electron chi connectivity index (χ0n) is 10.6. The van der Waals surface area contributed by atoms with Crippen LogP contribution in [-0.4, -0.2) is 13.0 Å². The molecule has 0 fully saturated rings. The predicted molar refractivity (Wildman–Crippen MR) is 68.8 cm³/mol. The quantitative estimate of drug-likeness (QED) is 0.823. The van der Waals surface area contributed by atoms with Crippen LogP contribution in [0.2, 0.25) is 0 Å². The van der Waals surface area contributed by atoms with Crippen LogP contribution in [0.3, 0.4) is 0 Å². The molecule has 0 saturated carbocycles. The topological polar surface area (TPSA) is 54.4 Å². The van der Waals surface area contributed by atoms with Crippen LogP contribution in [0.4, 0.5) is 0 Å². The molecule has 0 atom stereocenters. The summed E-state index contributed by atoms with van der Waals surface area (Å²) in [6, 6.07) is 5.02. The molecular weight excluding hydrogens is 236 g/mol. The van der Waals surface area contributed by atoms with Gasteiger partial charge in [0.1, 0.15) is 0 Å². The van der Waals surface area contributed by atoms with E-state index in [-0.39, 0.29) is 4.90 Å². The molecular formula is C13H20O3S. The first-order valence-electron chi connectivity index (χ1n) is 5.87. The molecule has 1 aromatic rings. The molecule has 17 heavy (non-hydrogen) atoms. The van der Waals surface area contributed by atoms with Crippen molar-refractivity contribution in [1.29, 1.82) is 0 Å². The molecule has 96 valence electrons. The average Bonchev–Trinajstić information content (AvgIpc) is 2.15. The largest absolute Gasteiger partial charge is 0.294 e. The summed E-state index contributed by atoms with van der Waals surface area (Å²) in [5.41, 5.74) is 1.73. The van der Waals surface area contributed by atoms with Gasteiger partial charge in [-0.05, 0) is 37.3 Å². The van der Waals surface area contributed by atoms with Crippen LogP contribution in [0.1, 0.15) is 37.8 Å². The molecule has 0 aromatic heterocycles. The van der Waals surface area contributed by atoms with E-state index in [1.54, 1.807) is 6.07 Å². The van der Waals surface area contributed by atoms with Crippen molar-refractivity contribution in [3.63, 3.8) is 0 Å². The van der Waals surface area contributed by atoms with E-state index in [9.17, 15) is 8.42 Å². The number of aryl methyl sites for hydroxylation is 2. The van der Waals surface area contributed by atoms with Crippen LogP contribution >= 0.6 is 0 Å². The molecule has 0 amide bonds. The summed E-state index contributed by atoms with van der Waals surface area (Å²) in [5, 5.41) is 0. The van der Waals surface area contributed by atoms with Crippen LogP contribution < -0.4 is 0 Å². The second-order valence-electron chi connectivity index (χ2n) is 4.87. The van der Waals surface area contributed by atoms with Crippen molar-refractivity contribution in [2.24, 2.45) is 5.92 Å². The third kappa shape index (κ3) is 4.48. The van der Waals surface area contributed by atoms with Gasteiger partial charge < -0.3 is 0 Å². The predicted octanol–water partition coefficient (Wildman–Crippen LogP) is 3.22. The van der Waals surface area contributed by atoms with Crippen molar-refractivity contribution in [3.05, 3.63) is 29.3 Å². The summed E-state index contributed by atoms with van der Waals surface area (Å²) in [6.45, 7) is 6.19. The van der Waals surface area contributed by atoms with Crippen LogP contribution in [0.15, 0.2) is 23.1 Å². The van der Waals surface area contributed by atoms with Crippen LogP contribution in [0, 0.1) is 12.8 Å². The van der Waals surface area contributed by atoms with Crippen molar-refractivity contribution in [3.8, 4) is 0 Å². The molecule has 0 bridgehead atoms. The molecule has 1 aromatic carbocycles. The fourth-order valence-corrected chi connectivity index (χ4v) is 2.59. The highest BCUT2D eigenvalue weighted by molar-refractivity contribution is 7.85. The second kappa shape index (κ2) is 5.65. The van der Waals surface area contributed by atoms with Gasteiger partial charge in [-0.3, -0.25) is 4.55 Å². The van der Waals surface area contributed by atoms with Crippen molar-refractivity contribution in [1.82, 2.24) is 0 Å². The zero-order valence-corrected chi connectivity index (χ0v) is 11.4. The van der Waals surface area contributed by atoms with Crippen molar-refractivity contribution in [2.45, 2.75) is 44.9 Å². The first-order valence-corrected chi connectivity index (χ1v) is 7.31. The Bertz CT molecular complexity index is 475. The minimum atomic E-state index is -4.10. The molecule has 4 heteroatoms.